The van der Waals surface area contributed by atoms with E-state index in [1.807, 2.05) is 49.2 Å². The van der Waals surface area contributed by atoms with E-state index >= 15 is 0 Å². The van der Waals surface area contributed by atoms with Gasteiger partial charge in [-0.2, -0.15) is 0 Å². The van der Waals surface area contributed by atoms with Gasteiger partial charge in [-0.15, -0.1) is 0 Å². The predicted octanol–water partition coefficient (Wildman–Crippen LogP) is 2.60. The van der Waals surface area contributed by atoms with Crippen LogP contribution in [0.3, 0.4) is 0 Å². The van der Waals surface area contributed by atoms with Gasteiger partial charge < -0.3 is 10.2 Å². The summed E-state index contributed by atoms with van der Waals surface area (Å²) < 4.78 is 13.2. The maximum absolute atomic E-state index is 13.2. The molecule has 6 nitrogen and oxygen atoms in total. The van der Waals surface area contributed by atoms with E-state index in [1.54, 1.807) is 17.0 Å². The van der Waals surface area contributed by atoms with Gasteiger partial charge in [0.1, 0.15) is 5.82 Å². The summed E-state index contributed by atoms with van der Waals surface area (Å²) in [5.41, 5.74) is 1.57. The van der Waals surface area contributed by atoms with Crippen molar-refractivity contribution in [3.63, 3.8) is 0 Å². The molecule has 1 atom stereocenters. The highest BCUT2D eigenvalue weighted by Gasteiger charge is 2.23. The van der Waals surface area contributed by atoms with E-state index in [0.717, 1.165) is 18.7 Å². The Morgan fingerprint density at radius 2 is 1.63 bits per heavy atom. The molecule has 2 aromatic rings. The average Bonchev–Trinajstić information content (AvgIpc) is 2.74. The quantitative estimate of drug-likeness (QED) is 0.760. The Morgan fingerprint density at radius 3 is 2.27 bits per heavy atom. The topological polar surface area (TPSA) is 55.9 Å². The summed E-state index contributed by atoms with van der Waals surface area (Å²) in [7, 11) is 1.84. The molecule has 0 saturated carbocycles. The van der Waals surface area contributed by atoms with Crippen molar-refractivity contribution in [2.45, 2.75) is 13.0 Å². The first-order valence-electron chi connectivity index (χ1n) is 10.2. The minimum Gasteiger partial charge on any atom is -0.338 e. The van der Waals surface area contributed by atoms with Crippen molar-refractivity contribution in [2.75, 3.05) is 51.6 Å². The number of amides is 2. The number of benzene rings is 2. The van der Waals surface area contributed by atoms with E-state index < -0.39 is 0 Å². The van der Waals surface area contributed by atoms with Crippen LogP contribution in [-0.4, -0.2) is 72.8 Å². The van der Waals surface area contributed by atoms with Crippen molar-refractivity contribution in [3.05, 3.63) is 66.0 Å². The number of hydrogen-bond donors (Lipinski definition) is 1. The van der Waals surface area contributed by atoms with E-state index in [-0.39, 0.29) is 30.2 Å². The Morgan fingerprint density at radius 1 is 1.00 bits per heavy atom. The molecule has 1 heterocycles. The van der Waals surface area contributed by atoms with Crippen LogP contribution in [0.4, 0.5) is 10.1 Å². The summed E-state index contributed by atoms with van der Waals surface area (Å²) in [5.74, 6) is -0.456. The van der Waals surface area contributed by atoms with Gasteiger partial charge in [-0.1, -0.05) is 36.4 Å². The maximum atomic E-state index is 13.2. The van der Waals surface area contributed by atoms with Crippen molar-refractivity contribution in [2.24, 2.45) is 0 Å². The minimum atomic E-state index is -0.377. The molecular weight excluding hydrogens is 383 g/mol. The Balaban J connectivity index is 1.41. The highest BCUT2D eigenvalue weighted by atomic mass is 19.1. The molecule has 7 heteroatoms. The number of piperazine rings is 1. The molecule has 1 aliphatic heterocycles. The van der Waals surface area contributed by atoms with Crippen molar-refractivity contribution in [1.29, 1.82) is 0 Å². The SMILES string of the molecule is C[C@H](c1ccccc1)N(C)C(=O)CN1CCN(CC(=O)Nc2cccc(F)c2)CC1. The van der Waals surface area contributed by atoms with Crippen molar-refractivity contribution >= 4 is 17.5 Å². The van der Waals surface area contributed by atoms with Gasteiger partial charge >= 0.3 is 0 Å². The number of likely N-dealkylation sites (N-methyl/N-ethyl adjacent to an activating group) is 1. The minimum absolute atomic E-state index is 0.0199. The Hall–Kier alpha value is -2.77. The lowest BCUT2D eigenvalue weighted by molar-refractivity contribution is -0.133. The third kappa shape index (κ3) is 6.11. The molecule has 2 aromatic carbocycles. The highest BCUT2D eigenvalue weighted by Crippen LogP contribution is 2.18. The molecule has 3 rings (SSSR count). The molecule has 0 aliphatic carbocycles. The zero-order chi connectivity index (χ0) is 21.5. The average molecular weight is 413 g/mol. The van der Waals surface area contributed by atoms with Crippen LogP contribution < -0.4 is 5.32 Å². The van der Waals surface area contributed by atoms with Crippen molar-refractivity contribution < 1.29 is 14.0 Å². The maximum Gasteiger partial charge on any atom is 0.238 e. The predicted molar refractivity (Wildman–Crippen MR) is 116 cm³/mol. The molecule has 1 N–H and O–H groups in total. The van der Waals surface area contributed by atoms with Crippen LogP contribution in [0.5, 0.6) is 0 Å². The van der Waals surface area contributed by atoms with E-state index in [0.29, 0.717) is 25.3 Å². The van der Waals surface area contributed by atoms with Gasteiger partial charge in [-0.05, 0) is 30.7 Å². The van der Waals surface area contributed by atoms with Gasteiger partial charge in [0.25, 0.3) is 0 Å². The van der Waals surface area contributed by atoms with Crippen LogP contribution in [0.15, 0.2) is 54.6 Å². The van der Waals surface area contributed by atoms with Crippen LogP contribution in [0.1, 0.15) is 18.5 Å². The molecule has 160 valence electrons. The van der Waals surface area contributed by atoms with Gasteiger partial charge in [-0.3, -0.25) is 19.4 Å². The third-order valence-electron chi connectivity index (χ3n) is 5.56. The van der Waals surface area contributed by atoms with Gasteiger partial charge in [0, 0.05) is 38.9 Å². The third-order valence-corrected chi connectivity index (χ3v) is 5.56. The standard InChI is InChI=1S/C23H29FN4O2/c1-18(19-7-4-3-5-8-19)26(2)23(30)17-28-13-11-27(12-14-28)16-22(29)25-21-10-6-9-20(24)15-21/h3-10,15,18H,11-14,16-17H2,1-2H3,(H,25,29)/t18-/m1/s1. The zero-order valence-electron chi connectivity index (χ0n) is 17.6. The van der Waals surface area contributed by atoms with E-state index in [4.69, 9.17) is 0 Å². The van der Waals surface area contributed by atoms with Gasteiger partial charge in [0.2, 0.25) is 11.8 Å². The second-order valence-electron chi connectivity index (χ2n) is 7.70. The van der Waals surface area contributed by atoms with Gasteiger partial charge in [-0.25, -0.2) is 4.39 Å². The number of nitrogens with zero attached hydrogens (tertiary/aromatic N) is 3. The smallest absolute Gasteiger partial charge is 0.238 e. The molecular formula is C23H29FN4O2. The number of carbonyl (C=O) groups is 2. The number of carbonyl (C=O) groups excluding carboxylic acids is 2. The first kappa shape index (κ1) is 21.9. The summed E-state index contributed by atoms with van der Waals surface area (Å²) in [6, 6.07) is 15.9. The first-order valence-corrected chi connectivity index (χ1v) is 10.2. The van der Waals surface area contributed by atoms with Crippen LogP contribution in [0.2, 0.25) is 0 Å². The van der Waals surface area contributed by atoms with Crippen LogP contribution in [-0.2, 0) is 9.59 Å². The summed E-state index contributed by atoms with van der Waals surface area (Å²) in [5, 5.41) is 2.72. The van der Waals surface area contributed by atoms with E-state index in [9.17, 15) is 14.0 Å². The Bertz CT molecular complexity index is 853. The van der Waals surface area contributed by atoms with Crippen LogP contribution in [0, 0.1) is 5.82 Å². The number of anilines is 1. The second kappa shape index (κ2) is 10.3. The number of halogens is 1. The monoisotopic (exact) mass is 412 g/mol. The van der Waals surface area contributed by atoms with Gasteiger partial charge in [0.05, 0.1) is 19.1 Å². The Labute approximate surface area is 177 Å². The lowest BCUT2D eigenvalue weighted by Gasteiger charge is -2.35. The van der Waals surface area contributed by atoms with Gasteiger partial charge in [0.15, 0.2) is 0 Å². The highest BCUT2D eigenvalue weighted by molar-refractivity contribution is 5.92. The van der Waals surface area contributed by atoms with E-state index in [1.165, 1.54) is 12.1 Å². The molecule has 1 aliphatic rings. The normalized spacial score (nSPS) is 16.1. The fourth-order valence-electron chi connectivity index (χ4n) is 3.55. The fraction of sp³-hybridized carbons (Fsp3) is 0.391. The molecule has 0 bridgehead atoms. The summed E-state index contributed by atoms with van der Waals surface area (Å²) in [6.45, 7) is 5.53. The number of rotatable bonds is 7. The lowest BCUT2D eigenvalue weighted by Crippen LogP contribution is -2.51. The molecule has 0 unspecified atom stereocenters. The zero-order valence-corrected chi connectivity index (χ0v) is 17.6. The van der Waals surface area contributed by atoms with Crippen molar-refractivity contribution in [1.82, 2.24) is 14.7 Å². The molecule has 2 amide bonds. The number of hydrogen-bond acceptors (Lipinski definition) is 4. The molecule has 0 spiro atoms. The van der Waals surface area contributed by atoms with Crippen molar-refractivity contribution in [3.8, 4) is 0 Å². The van der Waals surface area contributed by atoms with Crippen LogP contribution >= 0.6 is 0 Å². The molecule has 0 radical (unpaired) electrons. The number of nitrogens with one attached hydrogen (secondary N) is 1. The Kier molecular flexibility index (Phi) is 7.54. The summed E-state index contributed by atoms with van der Waals surface area (Å²) in [4.78, 5) is 30.8. The van der Waals surface area contributed by atoms with Crippen LogP contribution in [0.25, 0.3) is 0 Å². The second-order valence-corrected chi connectivity index (χ2v) is 7.70. The molecule has 0 aromatic heterocycles. The lowest BCUT2D eigenvalue weighted by atomic mass is 10.1. The molecule has 30 heavy (non-hydrogen) atoms. The molecule has 1 fully saturated rings. The molecule has 1 saturated heterocycles. The largest absolute Gasteiger partial charge is 0.338 e. The summed E-state index contributed by atoms with van der Waals surface area (Å²) in [6.07, 6.45) is 0. The first-order chi connectivity index (χ1) is 14.4. The fourth-order valence-corrected chi connectivity index (χ4v) is 3.55. The summed E-state index contributed by atoms with van der Waals surface area (Å²) >= 11 is 0. The van der Waals surface area contributed by atoms with E-state index in [2.05, 4.69) is 10.2 Å².